The van der Waals surface area contributed by atoms with Gasteiger partial charge >= 0.3 is 0 Å². The fraction of sp³-hybridized carbons (Fsp3) is 0.125. The second-order valence-electron chi connectivity index (χ2n) is 7.31. The maximum Gasteiger partial charge on any atom is 0.255 e. The van der Waals surface area contributed by atoms with Gasteiger partial charge in [-0.15, -0.1) is 0 Å². The Bertz CT molecular complexity index is 1220. The van der Waals surface area contributed by atoms with Gasteiger partial charge in [0.2, 0.25) is 0 Å². The lowest BCUT2D eigenvalue weighted by Crippen LogP contribution is -2.14. The van der Waals surface area contributed by atoms with Crippen LogP contribution in [-0.4, -0.2) is 34.8 Å². The van der Waals surface area contributed by atoms with Crippen molar-refractivity contribution < 1.29 is 9.53 Å². The lowest BCUT2D eigenvalue weighted by molar-refractivity contribution is 0.102. The van der Waals surface area contributed by atoms with Crippen molar-refractivity contribution >= 4 is 17.3 Å². The highest BCUT2D eigenvalue weighted by Crippen LogP contribution is 2.27. The van der Waals surface area contributed by atoms with Crippen molar-refractivity contribution in [1.29, 1.82) is 0 Å². The molecule has 0 saturated carbocycles. The Morgan fingerprint density at radius 1 is 1.03 bits per heavy atom. The predicted molar refractivity (Wildman–Crippen MR) is 122 cm³/mol. The van der Waals surface area contributed by atoms with E-state index >= 15 is 0 Å². The number of carbonyl (C=O) groups is 1. The maximum absolute atomic E-state index is 12.7. The Morgan fingerprint density at radius 3 is 2.61 bits per heavy atom. The summed E-state index contributed by atoms with van der Waals surface area (Å²) in [7, 11) is 5.74. The summed E-state index contributed by atoms with van der Waals surface area (Å²) in [6.07, 6.45) is 5.35. The molecule has 0 radical (unpaired) electrons. The van der Waals surface area contributed by atoms with Crippen molar-refractivity contribution in [3.05, 3.63) is 84.8 Å². The Morgan fingerprint density at radius 2 is 1.84 bits per heavy atom. The third kappa shape index (κ3) is 4.90. The zero-order valence-electron chi connectivity index (χ0n) is 17.6. The predicted octanol–water partition coefficient (Wildman–Crippen LogP) is 4.59. The van der Waals surface area contributed by atoms with Crippen molar-refractivity contribution in [2.45, 2.75) is 0 Å². The molecule has 2 aromatic carbocycles. The fourth-order valence-electron chi connectivity index (χ4n) is 3.09. The van der Waals surface area contributed by atoms with Crippen LogP contribution in [0.5, 0.6) is 11.5 Å². The minimum atomic E-state index is -0.177. The molecule has 0 bridgehead atoms. The van der Waals surface area contributed by atoms with Crippen molar-refractivity contribution in [3.8, 4) is 22.8 Å². The van der Waals surface area contributed by atoms with Gasteiger partial charge in [0.1, 0.15) is 11.5 Å². The quantitative estimate of drug-likeness (QED) is 0.500. The monoisotopic (exact) mass is 413 g/mol. The van der Waals surface area contributed by atoms with Crippen molar-refractivity contribution in [1.82, 2.24) is 14.8 Å². The highest BCUT2D eigenvalue weighted by molar-refractivity contribution is 6.04. The zero-order valence-corrected chi connectivity index (χ0v) is 17.6. The number of aromatic nitrogens is 3. The first-order valence-electron chi connectivity index (χ1n) is 9.80. The zero-order chi connectivity index (χ0) is 21.8. The smallest absolute Gasteiger partial charge is 0.255 e. The number of benzene rings is 2. The van der Waals surface area contributed by atoms with Crippen molar-refractivity contribution in [3.63, 3.8) is 0 Å². The van der Waals surface area contributed by atoms with Crippen LogP contribution >= 0.6 is 0 Å². The molecule has 1 amide bonds. The van der Waals surface area contributed by atoms with E-state index in [1.54, 1.807) is 35.3 Å². The first kappa shape index (κ1) is 20.2. The Balaban J connectivity index is 1.49. The molecule has 0 aliphatic rings. The summed E-state index contributed by atoms with van der Waals surface area (Å²) in [4.78, 5) is 19.0. The number of pyridine rings is 1. The Labute approximate surface area is 180 Å². The van der Waals surface area contributed by atoms with Gasteiger partial charge in [0.05, 0.1) is 11.9 Å². The van der Waals surface area contributed by atoms with E-state index in [1.165, 1.54) is 0 Å². The van der Waals surface area contributed by atoms with Gasteiger partial charge < -0.3 is 15.0 Å². The molecule has 2 aromatic heterocycles. The largest absolute Gasteiger partial charge is 0.457 e. The lowest BCUT2D eigenvalue weighted by Gasteiger charge is -2.14. The van der Waals surface area contributed by atoms with E-state index in [1.807, 2.05) is 74.7 Å². The number of nitrogens with one attached hydrogen (secondary N) is 1. The number of hydrogen-bond donors (Lipinski definition) is 1. The fourth-order valence-corrected chi connectivity index (χ4v) is 3.09. The molecule has 0 spiro atoms. The molecule has 0 fully saturated rings. The highest BCUT2D eigenvalue weighted by Gasteiger charge is 2.09. The van der Waals surface area contributed by atoms with Gasteiger partial charge in [-0.2, -0.15) is 5.10 Å². The summed E-state index contributed by atoms with van der Waals surface area (Å²) < 4.78 is 7.73. The van der Waals surface area contributed by atoms with Crippen LogP contribution in [0.1, 0.15) is 10.4 Å². The summed E-state index contributed by atoms with van der Waals surface area (Å²) in [6, 6.07) is 18.4. The van der Waals surface area contributed by atoms with Crippen molar-refractivity contribution in [2.24, 2.45) is 7.05 Å². The molecule has 4 aromatic rings. The number of nitrogens with zero attached hydrogens (tertiary/aromatic N) is 4. The third-order valence-electron chi connectivity index (χ3n) is 4.68. The minimum absolute atomic E-state index is 0.177. The molecular weight excluding hydrogens is 390 g/mol. The molecule has 1 N–H and O–H groups in total. The average Bonchev–Trinajstić information content (AvgIpc) is 3.21. The van der Waals surface area contributed by atoms with Gasteiger partial charge in [0, 0.05) is 68.2 Å². The second kappa shape index (κ2) is 8.71. The molecule has 156 valence electrons. The number of amides is 1. The van der Waals surface area contributed by atoms with Crippen LogP contribution in [0, 0.1) is 0 Å². The molecule has 2 heterocycles. The normalized spacial score (nSPS) is 10.5. The number of rotatable bonds is 6. The van der Waals surface area contributed by atoms with Gasteiger partial charge in [0.25, 0.3) is 5.91 Å². The summed E-state index contributed by atoms with van der Waals surface area (Å²) in [5.74, 6) is 1.09. The van der Waals surface area contributed by atoms with E-state index in [0.717, 1.165) is 16.9 Å². The molecule has 0 aliphatic carbocycles. The van der Waals surface area contributed by atoms with Crippen LogP contribution < -0.4 is 15.0 Å². The van der Waals surface area contributed by atoms with Crippen LogP contribution in [0.2, 0.25) is 0 Å². The van der Waals surface area contributed by atoms with E-state index in [-0.39, 0.29) is 5.91 Å². The number of aryl methyl sites for hydroxylation is 1. The van der Waals surface area contributed by atoms with Gasteiger partial charge in [-0.1, -0.05) is 12.1 Å². The lowest BCUT2D eigenvalue weighted by atomic mass is 10.1. The van der Waals surface area contributed by atoms with Crippen LogP contribution in [0.15, 0.2) is 79.3 Å². The summed E-state index contributed by atoms with van der Waals surface area (Å²) in [6.45, 7) is 0. The topological polar surface area (TPSA) is 72.3 Å². The van der Waals surface area contributed by atoms with Gasteiger partial charge in [0.15, 0.2) is 0 Å². The van der Waals surface area contributed by atoms with Crippen LogP contribution in [0.3, 0.4) is 0 Å². The highest BCUT2D eigenvalue weighted by atomic mass is 16.5. The number of ether oxygens (including phenoxy) is 1. The minimum Gasteiger partial charge on any atom is -0.457 e. The molecule has 7 nitrogen and oxygen atoms in total. The van der Waals surface area contributed by atoms with Gasteiger partial charge in [-0.25, -0.2) is 0 Å². The molecule has 0 aliphatic heterocycles. The number of carbonyl (C=O) groups excluding carboxylic acids is 1. The van der Waals surface area contributed by atoms with E-state index in [0.29, 0.717) is 22.7 Å². The summed E-state index contributed by atoms with van der Waals surface area (Å²) >= 11 is 0. The molecule has 7 heteroatoms. The number of hydrogen-bond acceptors (Lipinski definition) is 5. The van der Waals surface area contributed by atoms with Crippen molar-refractivity contribution in [2.75, 3.05) is 24.3 Å². The van der Waals surface area contributed by atoms with Crippen LogP contribution in [0.25, 0.3) is 11.3 Å². The first-order valence-corrected chi connectivity index (χ1v) is 9.80. The van der Waals surface area contributed by atoms with E-state index in [2.05, 4.69) is 15.4 Å². The average molecular weight is 413 g/mol. The molecular formula is C24H23N5O2. The summed E-state index contributed by atoms with van der Waals surface area (Å²) in [5, 5.41) is 7.11. The number of anilines is 2. The van der Waals surface area contributed by atoms with E-state index in [4.69, 9.17) is 4.74 Å². The molecule has 4 rings (SSSR count). The molecule has 0 atom stereocenters. The molecule has 31 heavy (non-hydrogen) atoms. The SMILES string of the molecule is CN(C)c1cccc(C(=O)Nc2cccc(Oc3ccnc(-c4cnn(C)c4)c3)c2)c1. The van der Waals surface area contributed by atoms with Gasteiger partial charge in [-0.05, 0) is 36.4 Å². The van der Waals surface area contributed by atoms with Crippen LogP contribution in [-0.2, 0) is 7.05 Å². The second-order valence-corrected chi connectivity index (χ2v) is 7.31. The summed E-state index contributed by atoms with van der Waals surface area (Å²) in [5.41, 5.74) is 3.89. The standard InChI is InChI=1S/C24H23N5O2/c1-28(2)20-8-4-6-17(12-20)24(30)27-19-7-5-9-21(13-19)31-22-10-11-25-23(14-22)18-15-26-29(3)16-18/h4-16H,1-3H3,(H,27,30). The van der Waals surface area contributed by atoms with E-state index < -0.39 is 0 Å². The van der Waals surface area contributed by atoms with Gasteiger partial charge in [-0.3, -0.25) is 14.5 Å². The van der Waals surface area contributed by atoms with Crippen LogP contribution in [0.4, 0.5) is 11.4 Å². The Hall–Kier alpha value is -4.13. The third-order valence-corrected chi connectivity index (χ3v) is 4.68. The molecule has 0 unspecified atom stereocenters. The first-order chi connectivity index (χ1) is 15.0. The Kier molecular flexibility index (Phi) is 5.66. The van der Waals surface area contributed by atoms with E-state index in [9.17, 15) is 4.79 Å². The maximum atomic E-state index is 12.7. The molecule has 0 saturated heterocycles.